The average molecular weight is 345 g/mol. The standard InChI is InChI=1S/5Al.Pt.15H. The minimum absolute atomic E-state index is 0. The van der Waals surface area contributed by atoms with Crippen LogP contribution in [0.2, 0.25) is 0 Å². The Morgan fingerprint density at radius 1 is 0.333 bits per heavy atom. The summed E-state index contributed by atoms with van der Waals surface area (Å²) >= 11 is 0. The van der Waals surface area contributed by atoms with Crippen molar-refractivity contribution in [2.45, 2.75) is 0 Å². The molecule has 6 heavy (non-hydrogen) atoms. The Morgan fingerprint density at radius 3 is 0.333 bits per heavy atom. The first-order chi connectivity index (χ1) is 0. The number of rotatable bonds is 0. The molecule has 0 amide bonds. The molecular formula is H15Al5Pt. The van der Waals surface area contributed by atoms with Crippen molar-refractivity contribution in [3.05, 3.63) is 0 Å². The summed E-state index contributed by atoms with van der Waals surface area (Å²) in [5.41, 5.74) is 0. The van der Waals surface area contributed by atoms with E-state index in [1.165, 1.54) is 0 Å². The monoisotopic (exact) mass is 345 g/mol. The van der Waals surface area contributed by atoms with Crippen molar-refractivity contribution < 1.29 is 21.1 Å². The zero-order valence-electron chi connectivity index (χ0n) is 0.316. The molecule has 0 saturated heterocycles. The zero-order chi connectivity index (χ0) is 0. The molecule has 40 valence electrons. The Balaban J connectivity index is 0. The second-order valence-electron chi connectivity index (χ2n) is 0. The Morgan fingerprint density at radius 2 is 0.333 bits per heavy atom. The van der Waals surface area contributed by atoms with Gasteiger partial charge in [0.15, 0.2) is 86.8 Å². The normalized spacial score (nSPS) is 0. The molecule has 0 heterocycles. The van der Waals surface area contributed by atoms with Gasteiger partial charge < -0.3 is 0 Å². The largest absolute Gasteiger partial charge is 0.187 e. The first-order valence-electron chi connectivity index (χ1n) is 0. The van der Waals surface area contributed by atoms with Gasteiger partial charge in [-0.2, -0.15) is 0 Å². The van der Waals surface area contributed by atoms with Gasteiger partial charge in [0.05, 0.1) is 0 Å². The average Bonchev–Trinajstić information content (AvgIpc) is 0. The minimum atomic E-state index is 0. The minimum Gasteiger partial charge on any atom is 0 e. The molecule has 0 atom stereocenters. The zero-order valence-corrected chi connectivity index (χ0v) is 2.59. The molecule has 0 saturated carbocycles. The van der Waals surface area contributed by atoms with Crippen LogP contribution in [0.1, 0.15) is 0 Å². The van der Waals surface area contributed by atoms with E-state index in [9.17, 15) is 0 Å². The van der Waals surface area contributed by atoms with E-state index in [-0.39, 0.29) is 108 Å². The fraction of sp³-hybridized carbons (Fsp3) is 0. The van der Waals surface area contributed by atoms with E-state index in [1.54, 1.807) is 0 Å². The molecular weight excluding hydrogens is 330 g/mol. The molecule has 0 N–H and O–H groups in total. The van der Waals surface area contributed by atoms with Crippen molar-refractivity contribution in [2.75, 3.05) is 0 Å². The summed E-state index contributed by atoms with van der Waals surface area (Å²) in [5, 5.41) is 0. The van der Waals surface area contributed by atoms with Crippen molar-refractivity contribution in [2.24, 2.45) is 0 Å². The Kier molecular flexibility index (Phi) is 389. The molecule has 0 bridgehead atoms. The topological polar surface area (TPSA) is 0 Å². The summed E-state index contributed by atoms with van der Waals surface area (Å²) in [6.45, 7) is 0. The van der Waals surface area contributed by atoms with Crippen LogP contribution in [0.25, 0.3) is 0 Å². The molecule has 0 radical (unpaired) electrons. The molecule has 0 spiro atoms. The molecule has 0 aliphatic carbocycles. The van der Waals surface area contributed by atoms with Gasteiger partial charge in [0.2, 0.25) is 0 Å². The maximum atomic E-state index is 0. The quantitative estimate of drug-likeness (QED) is 0.384. The molecule has 0 aliphatic rings. The van der Waals surface area contributed by atoms with Gasteiger partial charge in [-0.3, -0.25) is 0 Å². The summed E-state index contributed by atoms with van der Waals surface area (Å²) in [6.07, 6.45) is 0. The molecule has 0 aromatic heterocycles. The summed E-state index contributed by atoms with van der Waals surface area (Å²) in [7, 11) is 0. The fourth-order valence-corrected chi connectivity index (χ4v) is 0. The Bertz CT molecular complexity index is 3.90. The van der Waals surface area contributed by atoms with Crippen molar-refractivity contribution in [1.82, 2.24) is 0 Å². The van der Waals surface area contributed by atoms with Crippen LogP contribution in [0.3, 0.4) is 0 Å². The van der Waals surface area contributed by atoms with Crippen LogP contribution in [-0.2, 0) is 21.1 Å². The molecule has 6 heteroatoms. The molecule has 0 rings (SSSR count). The smallest absolute Gasteiger partial charge is 0 e. The van der Waals surface area contributed by atoms with Crippen LogP contribution < -0.4 is 0 Å². The van der Waals surface area contributed by atoms with Crippen molar-refractivity contribution in [3.63, 3.8) is 0 Å². The maximum absolute atomic E-state index is 0. The second-order valence-corrected chi connectivity index (χ2v) is 0. The van der Waals surface area contributed by atoms with E-state index in [0.717, 1.165) is 0 Å². The second kappa shape index (κ2) is 40.2. The first kappa shape index (κ1) is 58.1. The molecule has 0 fully saturated rings. The van der Waals surface area contributed by atoms with Crippen molar-refractivity contribution >= 4 is 86.8 Å². The van der Waals surface area contributed by atoms with Gasteiger partial charge >= 0.3 is 0 Å². The molecule has 0 aliphatic heterocycles. The SMILES string of the molecule is [AlH3].[AlH3].[AlH3].[AlH3].[AlH3].[Pt]. The van der Waals surface area contributed by atoms with Crippen LogP contribution in [0.15, 0.2) is 0 Å². The fourth-order valence-electron chi connectivity index (χ4n) is 0. The summed E-state index contributed by atoms with van der Waals surface area (Å²) < 4.78 is 0. The first-order valence-corrected chi connectivity index (χ1v) is 0. The van der Waals surface area contributed by atoms with E-state index in [0.29, 0.717) is 0 Å². The van der Waals surface area contributed by atoms with Gasteiger partial charge in [-0.05, 0) is 0 Å². The number of hydrogen-bond donors (Lipinski definition) is 0. The van der Waals surface area contributed by atoms with Gasteiger partial charge in [0.1, 0.15) is 0 Å². The summed E-state index contributed by atoms with van der Waals surface area (Å²) in [5.74, 6) is 0. The van der Waals surface area contributed by atoms with Crippen LogP contribution >= 0.6 is 0 Å². The van der Waals surface area contributed by atoms with E-state index in [2.05, 4.69) is 0 Å². The molecule has 0 nitrogen and oxygen atoms in total. The van der Waals surface area contributed by atoms with Crippen LogP contribution in [-0.4, -0.2) is 86.8 Å². The van der Waals surface area contributed by atoms with Gasteiger partial charge in [-0.1, -0.05) is 0 Å². The van der Waals surface area contributed by atoms with Crippen LogP contribution in [0.4, 0.5) is 0 Å². The molecule has 0 aromatic rings. The Hall–Kier alpha value is 3.35. The molecule has 0 aromatic carbocycles. The van der Waals surface area contributed by atoms with Gasteiger partial charge in [0.25, 0.3) is 0 Å². The predicted octanol–water partition coefficient (Wildman–Crippen LogP) is -5.92. The van der Waals surface area contributed by atoms with E-state index in [4.69, 9.17) is 0 Å². The maximum Gasteiger partial charge on any atom is 0.187 e. The van der Waals surface area contributed by atoms with E-state index >= 15 is 0 Å². The van der Waals surface area contributed by atoms with E-state index < -0.39 is 0 Å². The van der Waals surface area contributed by atoms with Crippen molar-refractivity contribution in [1.29, 1.82) is 0 Å². The third-order valence-electron chi connectivity index (χ3n) is 0. The van der Waals surface area contributed by atoms with Gasteiger partial charge in [-0.15, -0.1) is 0 Å². The predicted molar refractivity (Wildman–Crippen MR) is 49.7 cm³/mol. The van der Waals surface area contributed by atoms with Gasteiger partial charge in [0, 0.05) is 21.1 Å². The summed E-state index contributed by atoms with van der Waals surface area (Å²) in [4.78, 5) is 0. The third-order valence-corrected chi connectivity index (χ3v) is 0. The van der Waals surface area contributed by atoms with Crippen LogP contribution in [0.5, 0.6) is 0 Å². The summed E-state index contributed by atoms with van der Waals surface area (Å²) in [6, 6.07) is 0. The molecule has 0 unspecified atom stereocenters. The number of hydrogen-bond acceptors (Lipinski definition) is 0. The van der Waals surface area contributed by atoms with Crippen LogP contribution in [0, 0.1) is 0 Å². The van der Waals surface area contributed by atoms with E-state index in [1.807, 2.05) is 0 Å². The third kappa shape index (κ3) is 26.4. The van der Waals surface area contributed by atoms with Crippen molar-refractivity contribution in [3.8, 4) is 0 Å². The Labute approximate surface area is 106 Å². The van der Waals surface area contributed by atoms with Gasteiger partial charge in [-0.25, -0.2) is 0 Å².